The Morgan fingerprint density at radius 3 is 2.79 bits per heavy atom. The average Bonchev–Trinajstić information content (AvgIpc) is 3.14. The fourth-order valence-corrected chi connectivity index (χ4v) is 4.29. The quantitative estimate of drug-likeness (QED) is 0.363. The Morgan fingerprint density at radius 2 is 2.08 bits per heavy atom. The molecule has 2 heterocycles. The number of hydrogen-bond donors (Lipinski definition) is 1. The summed E-state index contributed by atoms with van der Waals surface area (Å²) in [6.07, 6.45) is 10.8. The number of likely N-dealkylation sites (tertiary alicyclic amines) is 1. The largest absolute Gasteiger partial charge is 0.381 e. The Labute approximate surface area is 147 Å². The maximum atomic E-state index is 6.07. The van der Waals surface area contributed by atoms with E-state index in [0.717, 1.165) is 52.0 Å². The van der Waals surface area contributed by atoms with Crippen molar-refractivity contribution in [2.24, 2.45) is 10.4 Å². The lowest BCUT2D eigenvalue weighted by molar-refractivity contribution is 0.0486. The Balaban J connectivity index is 1.45. The highest BCUT2D eigenvalue weighted by molar-refractivity contribution is 5.80. The highest BCUT2D eigenvalue weighted by Gasteiger charge is 2.42. The van der Waals surface area contributed by atoms with Crippen LogP contribution in [0.25, 0.3) is 0 Å². The first-order valence-electron chi connectivity index (χ1n) is 10.0. The highest BCUT2D eigenvalue weighted by Crippen LogP contribution is 2.38. The second-order valence-corrected chi connectivity index (χ2v) is 7.69. The van der Waals surface area contributed by atoms with E-state index in [1.54, 1.807) is 0 Å². The van der Waals surface area contributed by atoms with Gasteiger partial charge in [-0.2, -0.15) is 0 Å². The molecule has 3 rings (SSSR count). The van der Waals surface area contributed by atoms with E-state index in [1.807, 2.05) is 0 Å². The Morgan fingerprint density at radius 1 is 1.25 bits per heavy atom. The van der Waals surface area contributed by atoms with Crippen molar-refractivity contribution < 1.29 is 9.47 Å². The molecule has 138 valence electrons. The lowest BCUT2D eigenvalue weighted by Crippen LogP contribution is -2.41. The number of nitrogens with zero attached hydrogens (tertiary/aromatic N) is 2. The second kappa shape index (κ2) is 9.04. The molecule has 5 nitrogen and oxygen atoms in total. The molecule has 0 aromatic rings. The van der Waals surface area contributed by atoms with E-state index < -0.39 is 0 Å². The van der Waals surface area contributed by atoms with E-state index in [-0.39, 0.29) is 0 Å². The van der Waals surface area contributed by atoms with Crippen molar-refractivity contribution in [2.75, 3.05) is 46.0 Å². The van der Waals surface area contributed by atoms with Gasteiger partial charge < -0.3 is 19.7 Å². The van der Waals surface area contributed by atoms with Gasteiger partial charge in [0, 0.05) is 31.7 Å². The number of guanidine groups is 1. The first-order chi connectivity index (χ1) is 11.8. The molecule has 24 heavy (non-hydrogen) atoms. The zero-order chi connectivity index (χ0) is 16.7. The van der Waals surface area contributed by atoms with Crippen molar-refractivity contribution in [3.63, 3.8) is 0 Å². The lowest BCUT2D eigenvalue weighted by atomic mass is 9.87. The van der Waals surface area contributed by atoms with Gasteiger partial charge in [0.1, 0.15) is 0 Å². The summed E-state index contributed by atoms with van der Waals surface area (Å²) in [5, 5.41) is 3.46. The average molecular weight is 338 g/mol. The molecule has 0 radical (unpaired) electrons. The SMILES string of the molecule is CCNC(=NCCOC1CCCCCC1)N1CCC2(CCOC2)C1. The van der Waals surface area contributed by atoms with Gasteiger partial charge in [0.2, 0.25) is 0 Å². The first-order valence-corrected chi connectivity index (χ1v) is 10.0. The van der Waals surface area contributed by atoms with Crippen LogP contribution in [0.1, 0.15) is 58.3 Å². The molecule has 1 aliphatic carbocycles. The Hall–Kier alpha value is -0.810. The highest BCUT2D eigenvalue weighted by atomic mass is 16.5. The van der Waals surface area contributed by atoms with Crippen molar-refractivity contribution in [2.45, 2.75) is 64.4 Å². The van der Waals surface area contributed by atoms with Crippen LogP contribution in [0.3, 0.4) is 0 Å². The normalized spacial score (nSPS) is 29.4. The molecule has 2 saturated heterocycles. The molecular weight excluding hydrogens is 302 g/mol. The summed E-state index contributed by atoms with van der Waals surface area (Å²) < 4.78 is 11.7. The number of nitrogens with one attached hydrogen (secondary N) is 1. The third kappa shape index (κ3) is 4.85. The van der Waals surface area contributed by atoms with Crippen LogP contribution in [0.15, 0.2) is 4.99 Å². The van der Waals surface area contributed by atoms with Gasteiger partial charge in [-0.3, -0.25) is 4.99 Å². The van der Waals surface area contributed by atoms with Crippen LogP contribution in [-0.4, -0.2) is 63.0 Å². The van der Waals surface area contributed by atoms with Crippen LogP contribution in [0.4, 0.5) is 0 Å². The molecule has 0 aromatic heterocycles. The standard InChI is InChI=1S/C19H35N3O2/c1-2-20-18(22-12-9-19(15-22)10-13-23-16-19)21-11-14-24-17-7-5-3-4-6-8-17/h17H,2-16H2,1H3,(H,20,21). The van der Waals surface area contributed by atoms with Gasteiger partial charge in [-0.25, -0.2) is 0 Å². The van der Waals surface area contributed by atoms with Gasteiger partial charge in [-0.1, -0.05) is 25.7 Å². The molecule has 1 unspecified atom stereocenters. The van der Waals surface area contributed by atoms with Gasteiger partial charge >= 0.3 is 0 Å². The summed E-state index contributed by atoms with van der Waals surface area (Å²) >= 11 is 0. The van der Waals surface area contributed by atoms with Gasteiger partial charge in [-0.15, -0.1) is 0 Å². The zero-order valence-electron chi connectivity index (χ0n) is 15.4. The maximum absolute atomic E-state index is 6.07. The smallest absolute Gasteiger partial charge is 0.194 e. The summed E-state index contributed by atoms with van der Waals surface area (Å²) in [6.45, 7) is 8.61. The number of ether oxygens (including phenoxy) is 2. The summed E-state index contributed by atoms with van der Waals surface area (Å²) in [5.41, 5.74) is 0.382. The summed E-state index contributed by atoms with van der Waals surface area (Å²) in [4.78, 5) is 7.24. The van der Waals surface area contributed by atoms with E-state index in [9.17, 15) is 0 Å². The lowest BCUT2D eigenvalue weighted by Gasteiger charge is -2.25. The van der Waals surface area contributed by atoms with Crippen LogP contribution >= 0.6 is 0 Å². The van der Waals surface area contributed by atoms with Crippen LogP contribution < -0.4 is 5.32 Å². The Kier molecular flexibility index (Phi) is 6.78. The van der Waals surface area contributed by atoms with E-state index >= 15 is 0 Å². The first kappa shape index (κ1) is 18.0. The molecule has 2 aliphatic heterocycles. The fraction of sp³-hybridized carbons (Fsp3) is 0.947. The minimum absolute atomic E-state index is 0.382. The van der Waals surface area contributed by atoms with Crippen molar-refractivity contribution in [3.05, 3.63) is 0 Å². The van der Waals surface area contributed by atoms with E-state index in [2.05, 4.69) is 17.1 Å². The summed E-state index contributed by atoms with van der Waals surface area (Å²) in [6, 6.07) is 0. The van der Waals surface area contributed by atoms with Gasteiger partial charge in [0.05, 0.1) is 25.9 Å². The van der Waals surface area contributed by atoms with Crippen molar-refractivity contribution >= 4 is 5.96 Å². The minimum atomic E-state index is 0.382. The zero-order valence-corrected chi connectivity index (χ0v) is 15.4. The van der Waals surface area contributed by atoms with Crippen molar-refractivity contribution in [3.8, 4) is 0 Å². The predicted octanol–water partition coefficient (Wildman–Crippen LogP) is 2.80. The second-order valence-electron chi connectivity index (χ2n) is 7.69. The third-order valence-corrected chi connectivity index (χ3v) is 5.77. The Bertz CT molecular complexity index is 399. The molecule has 3 fully saturated rings. The number of rotatable bonds is 5. The molecule has 1 spiro atoms. The molecule has 0 bridgehead atoms. The molecule has 0 amide bonds. The summed E-state index contributed by atoms with van der Waals surface area (Å²) in [5.74, 6) is 1.06. The van der Waals surface area contributed by atoms with Gasteiger partial charge in [0.15, 0.2) is 5.96 Å². The third-order valence-electron chi connectivity index (χ3n) is 5.77. The van der Waals surface area contributed by atoms with Crippen LogP contribution in [0, 0.1) is 5.41 Å². The van der Waals surface area contributed by atoms with Crippen LogP contribution in [0.5, 0.6) is 0 Å². The van der Waals surface area contributed by atoms with E-state index in [1.165, 1.54) is 51.4 Å². The minimum Gasteiger partial charge on any atom is -0.381 e. The van der Waals surface area contributed by atoms with E-state index in [4.69, 9.17) is 14.5 Å². The predicted molar refractivity (Wildman–Crippen MR) is 97.5 cm³/mol. The van der Waals surface area contributed by atoms with Crippen LogP contribution in [-0.2, 0) is 9.47 Å². The molecule has 1 N–H and O–H groups in total. The fourth-order valence-electron chi connectivity index (χ4n) is 4.29. The molecular formula is C19H35N3O2. The number of hydrogen-bond acceptors (Lipinski definition) is 3. The van der Waals surface area contributed by atoms with Gasteiger partial charge in [-0.05, 0) is 32.6 Å². The topological polar surface area (TPSA) is 46.1 Å². The molecule has 5 heteroatoms. The molecule has 1 saturated carbocycles. The monoisotopic (exact) mass is 337 g/mol. The molecule has 0 aromatic carbocycles. The molecule has 3 aliphatic rings. The molecule has 1 atom stereocenters. The summed E-state index contributed by atoms with van der Waals surface area (Å²) in [7, 11) is 0. The maximum Gasteiger partial charge on any atom is 0.194 e. The van der Waals surface area contributed by atoms with E-state index in [0.29, 0.717) is 11.5 Å². The van der Waals surface area contributed by atoms with Crippen molar-refractivity contribution in [1.82, 2.24) is 10.2 Å². The van der Waals surface area contributed by atoms with Crippen LogP contribution in [0.2, 0.25) is 0 Å². The number of aliphatic imine (C=N–C) groups is 1. The van der Waals surface area contributed by atoms with Crippen molar-refractivity contribution in [1.29, 1.82) is 0 Å². The van der Waals surface area contributed by atoms with Gasteiger partial charge in [0.25, 0.3) is 0 Å².